The highest BCUT2D eigenvalue weighted by molar-refractivity contribution is 9.10. The average Bonchev–Trinajstić information content (AvgIpc) is 2.52. The first-order valence-electron chi connectivity index (χ1n) is 8.31. The van der Waals surface area contributed by atoms with Crippen molar-refractivity contribution in [3.63, 3.8) is 0 Å². The van der Waals surface area contributed by atoms with Crippen LogP contribution in [0.25, 0.3) is 0 Å². The van der Waals surface area contributed by atoms with Gasteiger partial charge in [0.05, 0.1) is 4.47 Å². The van der Waals surface area contributed by atoms with Gasteiger partial charge in [-0.1, -0.05) is 25.7 Å². The number of halogens is 1. The molecule has 0 spiro atoms. The van der Waals surface area contributed by atoms with Crippen LogP contribution in [-0.2, 0) is 11.3 Å². The second-order valence-electron chi connectivity index (χ2n) is 6.75. The lowest BCUT2D eigenvalue weighted by atomic mass is 9.69. The number of hydrogen-bond donors (Lipinski definition) is 2. The quantitative estimate of drug-likeness (QED) is 0.833. The zero-order valence-corrected chi connectivity index (χ0v) is 14.6. The Morgan fingerprint density at radius 2 is 1.96 bits per heavy atom. The molecule has 2 fully saturated rings. The number of H-pyrrole nitrogens is 1. The molecule has 0 saturated heterocycles. The lowest BCUT2D eigenvalue weighted by Crippen LogP contribution is -2.44. The normalized spacial score (nSPS) is 27.3. The number of fused-ring (bicyclic) bond motifs is 1. The molecule has 1 aromatic rings. The van der Waals surface area contributed by atoms with E-state index in [0.717, 1.165) is 24.7 Å². The number of aromatic nitrogens is 2. The van der Waals surface area contributed by atoms with Gasteiger partial charge in [-0.3, -0.25) is 19.1 Å². The summed E-state index contributed by atoms with van der Waals surface area (Å²) in [4.78, 5) is 37.4. The molecule has 1 aromatic heterocycles. The third-order valence-electron chi connectivity index (χ3n) is 5.19. The van der Waals surface area contributed by atoms with E-state index in [1.807, 2.05) is 0 Å². The summed E-state index contributed by atoms with van der Waals surface area (Å²) in [6.45, 7) is -0.0706. The Kier molecular flexibility index (Phi) is 5.04. The van der Waals surface area contributed by atoms with Gasteiger partial charge in [0, 0.05) is 12.2 Å². The van der Waals surface area contributed by atoms with Crippen molar-refractivity contribution in [2.75, 3.05) is 0 Å². The largest absolute Gasteiger partial charge is 0.352 e. The van der Waals surface area contributed by atoms with Crippen LogP contribution in [0.5, 0.6) is 0 Å². The van der Waals surface area contributed by atoms with Crippen molar-refractivity contribution in [3.8, 4) is 0 Å². The Hall–Kier alpha value is -1.37. The minimum Gasteiger partial charge on any atom is -0.352 e. The molecule has 0 bridgehead atoms. The monoisotopic (exact) mass is 383 g/mol. The van der Waals surface area contributed by atoms with Crippen molar-refractivity contribution >= 4 is 21.8 Å². The SMILES string of the molecule is O=C(Cn1cc(Br)c(=O)[nH]c1=O)NC1CCC2CCCCC2C1. The fourth-order valence-corrected chi connectivity index (χ4v) is 4.38. The van der Waals surface area contributed by atoms with Crippen molar-refractivity contribution in [1.29, 1.82) is 0 Å². The zero-order chi connectivity index (χ0) is 16.4. The summed E-state index contributed by atoms with van der Waals surface area (Å²) < 4.78 is 1.46. The maximum atomic E-state index is 12.2. The number of rotatable bonds is 3. The number of aromatic amines is 1. The highest BCUT2D eigenvalue weighted by Gasteiger charge is 2.32. The second-order valence-corrected chi connectivity index (χ2v) is 7.60. The molecule has 0 radical (unpaired) electrons. The van der Waals surface area contributed by atoms with E-state index in [2.05, 4.69) is 26.2 Å². The Morgan fingerprint density at radius 3 is 2.74 bits per heavy atom. The van der Waals surface area contributed by atoms with Crippen LogP contribution >= 0.6 is 15.9 Å². The van der Waals surface area contributed by atoms with Gasteiger partial charge in [0.2, 0.25) is 5.91 Å². The molecule has 126 valence electrons. The summed E-state index contributed by atoms with van der Waals surface area (Å²) >= 11 is 3.07. The molecule has 2 saturated carbocycles. The van der Waals surface area contributed by atoms with Crippen LogP contribution in [0.1, 0.15) is 44.9 Å². The summed E-state index contributed by atoms with van der Waals surface area (Å²) in [6, 6.07) is 0.212. The maximum absolute atomic E-state index is 12.2. The summed E-state index contributed by atoms with van der Waals surface area (Å²) in [5.74, 6) is 1.41. The third kappa shape index (κ3) is 3.94. The number of amides is 1. The van der Waals surface area contributed by atoms with E-state index >= 15 is 0 Å². The van der Waals surface area contributed by atoms with Crippen LogP contribution in [0.2, 0.25) is 0 Å². The first-order valence-corrected chi connectivity index (χ1v) is 9.11. The summed E-state index contributed by atoms with van der Waals surface area (Å²) in [5.41, 5.74) is -1.05. The van der Waals surface area contributed by atoms with E-state index in [4.69, 9.17) is 0 Å². The smallest absolute Gasteiger partial charge is 0.328 e. The molecular formula is C16H22BrN3O3. The van der Waals surface area contributed by atoms with E-state index in [1.54, 1.807) is 0 Å². The highest BCUT2D eigenvalue weighted by atomic mass is 79.9. The fourth-order valence-electron chi connectivity index (χ4n) is 4.03. The summed E-state index contributed by atoms with van der Waals surface area (Å²) in [6.07, 6.45) is 9.91. The molecule has 3 atom stereocenters. The number of nitrogens with one attached hydrogen (secondary N) is 2. The molecule has 2 N–H and O–H groups in total. The zero-order valence-electron chi connectivity index (χ0n) is 13.0. The standard InChI is InChI=1S/C16H22BrN3O3/c17-13-8-20(16(23)19-15(13)22)9-14(21)18-12-6-5-10-3-1-2-4-11(10)7-12/h8,10-12H,1-7,9H2,(H,18,21)(H,19,22,23). The van der Waals surface area contributed by atoms with Crippen molar-refractivity contribution < 1.29 is 4.79 Å². The van der Waals surface area contributed by atoms with Crippen LogP contribution in [0.15, 0.2) is 20.3 Å². The Bertz CT molecular complexity index is 697. The first-order chi connectivity index (χ1) is 11.0. The van der Waals surface area contributed by atoms with Gasteiger partial charge in [-0.05, 0) is 47.0 Å². The van der Waals surface area contributed by atoms with Crippen LogP contribution < -0.4 is 16.6 Å². The van der Waals surface area contributed by atoms with Crippen LogP contribution in [-0.4, -0.2) is 21.5 Å². The molecular weight excluding hydrogens is 362 g/mol. The van der Waals surface area contributed by atoms with E-state index in [-0.39, 0.29) is 23.0 Å². The molecule has 3 unspecified atom stereocenters. The number of carbonyl (C=O) groups excluding carboxylic acids is 1. The number of nitrogens with zero attached hydrogens (tertiary/aromatic N) is 1. The van der Waals surface area contributed by atoms with Gasteiger partial charge in [0.15, 0.2) is 0 Å². The molecule has 23 heavy (non-hydrogen) atoms. The highest BCUT2D eigenvalue weighted by Crippen LogP contribution is 2.40. The number of carbonyl (C=O) groups is 1. The lowest BCUT2D eigenvalue weighted by Gasteiger charge is -2.39. The van der Waals surface area contributed by atoms with Gasteiger partial charge in [-0.25, -0.2) is 4.79 Å². The Labute approximate surface area is 142 Å². The molecule has 0 aliphatic heterocycles. The Morgan fingerprint density at radius 1 is 1.22 bits per heavy atom. The molecule has 7 heteroatoms. The molecule has 6 nitrogen and oxygen atoms in total. The van der Waals surface area contributed by atoms with Gasteiger partial charge in [-0.2, -0.15) is 0 Å². The van der Waals surface area contributed by atoms with Crippen molar-refractivity contribution in [2.45, 2.75) is 57.5 Å². The second kappa shape index (κ2) is 7.03. The summed E-state index contributed by atoms with van der Waals surface area (Å²) in [7, 11) is 0. The van der Waals surface area contributed by atoms with Gasteiger partial charge in [-0.15, -0.1) is 0 Å². The molecule has 0 aromatic carbocycles. The first kappa shape index (κ1) is 16.5. The Balaban J connectivity index is 1.58. The fraction of sp³-hybridized carbons (Fsp3) is 0.688. The maximum Gasteiger partial charge on any atom is 0.328 e. The van der Waals surface area contributed by atoms with Crippen LogP contribution in [0.3, 0.4) is 0 Å². The predicted octanol–water partition coefficient (Wildman–Crippen LogP) is 1.77. The third-order valence-corrected chi connectivity index (χ3v) is 5.75. The van der Waals surface area contributed by atoms with Gasteiger partial charge >= 0.3 is 5.69 Å². The van der Waals surface area contributed by atoms with Crippen molar-refractivity contribution in [2.24, 2.45) is 11.8 Å². The van der Waals surface area contributed by atoms with E-state index in [0.29, 0.717) is 0 Å². The minimum atomic E-state index is -0.565. The molecule has 2 aliphatic rings. The summed E-state index contributed by atoms with van der Waals surface area (Å²) in [5, 5.41) is 3.06. The van der Waals surface area contributed by atoms with Crippen LogP contribution in [0, 0.1) is 11.8 Å². The number of hydrogen-bond acceptors (Lipinski definition) is 3. The van der Waals surface area contributed by atoms with E-state index in [9.17, 15) is 14.4 Å². The topological polar surface area (TPSA) is 84.0 Å². The van der Waals surface area contributed by atoms with Gasteiger partial charge in [0.25, 0.3) is 5.56 Å². The van der Waals surface area contributed by atoms with Crippen LogP contribution in [0.4, 0.5) is 0 Å². The van der Waals surface area contributed by atoms with Gasteiger partial charge in [0.1, 0.15) is 6.54 Å². The molecule has 1 heterocycles. The lowest BCUT2D eigenvalue weighted by molar-refractivity contribution is -0.122. The predicted molar refractivity (Wildman–Crippen MR) is 90.3 cm³/mol. The van der Waals surface area contributed by atoms with Gasteiger partial charge < -0.3 is 5.32 Å². The molecule has 2 aliphatic carbocycles. The average molecular weight is 384 g/mol. The minimum absolute atomic E-state index is 0.0706. The van der Waals surface area contributed by atoms with Crippen molar-refractivity contribution in [3.05, 3.63) is 31.5 Å². The van der Waals surface area contributed by atoms with E-state index in [1.165, 1.54) is 42.9 Å². The van der Waals surface area contributed by atoms with Crippen molar-refractivity contribution in [1.82, 2.24) is 14.9 Å². The van der Waals surface area contributed by atoms with E-state index < -0.39 is 11.2 Å². The molecule has 3 rings (SSSR count). The molecule has 1 amide bonds.